The van der Waals surface area contributed by atoms with Gasteiger partial charge in [-0.1, -0.05) is 19.1 Å². The Labute approximate surface area is 133 Å². The lowest BCUT2D eigenvalue weighted by molar-refractivity contribution is -0.133. The van der Waals surface area contributed by atoms with Gasteiger partial charge in [0.1, 0.15) is 0 Å². The Morgan fingerprint density at radius 1 is 1.32 bits per heavy atom. The Hall–Kier alpha value is -1.59. The third kappa shape index (κ3) is 4.45. The van der Waals surface area contributed by atoms with Crippen molar-refractivity contribution in [2.24, 2.45) is 0 Å². The molecule has 1 fully saturated rings. The van der Waals surface area contributed by atoms with Gasteiger partial charge in [0, 0.05) is 45.0 Å². The molecule has 5 heteroatoms. The second-order valence-electron chi connectivity index (χ2n) is 5.85. The molecule has 1 saturated heterocycles. The number of benzene rings is 1. The molecule has 122 valence electrons. The van der Waals surface area contributed by atoms with E-state index in [0.717, 1.165) is 50.5 Å². The highest BCUT2D eigenvalue weighted by Gasteiger charge is 2.27. The van der Waals surface area contributed by atoms with Gasteiger partial charge in [0.05, 0.1) is 13.0 Å². The fourth-order valence-electron chi connectivity index (χ4n) is 2.93. The fraction of sp³-hybridized carbons (Fsp3) is 0.588. The van der Waals surface area contributed by atoms with E-state index >= 15 is 0 Å². The van der Waals surface area contributed by atoms with Crippen molar-refractivity contribution in [3.63, 3.8) is 0 Å². The van der Waals surface area contributed by atoms with Gasteiger partial charge < -0.3 is 15.4 Å². The number of piperazine rings is 1. The van der Waals surface area contributed by atoms with E-state index in [0.29, 0.717) is 12.5 Å². The van der Waals surface area contributed by atoms with Gasteiger partial charge in [-0.25, -0.2) is 0 Å². The Balaban J connectivity index is 1.90. The first-order valence-corrected chi connectivity index (χ1v) is 7.99. The lowest BCUT2D eigenvalue weighted by Gasteiger charge is -2.41. The fourth-order valence-corrected chi connectivity index (χ4v) is 2.93. The minimum Gasteiger partial charge on any atom is -0.399 e. The summed E-state index contributed by atoms with van der Waals surface area (Å²) in [6, 6.07) is 7.98. The molecule has 1 heterocycles. The van der Waals surface area contributed by atoms with Crippen LogP contribution >= 0.6 is 0 Å². The van der Waals surface area contributed by atoms with E-state index < -0.39 is 0 Å². The van der Waals surface area contributed by atoms with E-state index in [9.17, 15) is 4.79 Å². The lowest BCUT2D eigenvalue weighted by atomic mass is 10.1. The molecule has 0 bridgehead atoms. The predicted octanol–water partition coefficient (Wildman–Crippen LogP) is 1.38. The van der Waals surface area contributed by atoms with Crippen molar-refractivity contribution in [2.75, 3.05) is 45.6 Å². The Bertz CT molecular complexity index is 475. The number of ether oxygens (including phenoxy) is 1. The molecule has 1 unspecified atom stereocenters. The van der Waals surface area contributed by atoms with Crippen LogP contribution < -0.4 is 5.73 Å². The summed E-state index contributed by atoms with van der Waals surface area (Å²) in [7, 11) is 1.73. The highest BCUT2D eigenvalue weighted by atomic mass is 16.5. The molecule has 0 spiro atoms. The van der Waals surface area contributed by atoms with E-state index in [1.807, 2.05) is 29.2 Å². The van der Waals surface area contributed by atoms with Crippen LogP contribution in [0.4, 0.5) is 5.69 Å². The van der Waals surface area contributed by atoms with Crippen molar-refractivity contribution in [3.8, 4) is 0 Å². The van der Waals surface area contributed by atoms with Gasteiger partial charge in [-0.05, 0) is 24.1 Å². The van der Waals surface area contributed by atoms with Crippen LogP contribution in [-0.2, 0) is 16.0 Å². The molecule has 2 N–H and O–H groups in total. The number of nitrogens with two attached hydrogens (primary N) is 1. The maximum atomic E-state index is 12.5. The van der Waals surface area contributed by atoms with Crippen LogP contribution in [0.5, 0.6) is 0 Å². The summed E-state index contributed by atoms with van der Waals surface area (Å²) in [4.78, 5) is 16.9. The number of anilines is 1. The molecule has 1 atom stereocenters. The van der Waals surface area contributed by atoms with Crippen LogP contribution in [0.25, 0.3) is 0 Å². The predicted molar refractivity (Wildman–Crippen MR) is 88.7 cm³/mol. The number of carbonyl (C=O) groups is 1. The summed E-state index contributed by atoms with van der Waals surface area (Å²) in [5.41, 5.74) is 7.43. The zero-order chi connectivity index (χ0) is 15.9. The van der Waals surface area contributed by atoms with Crippen LogP contribution in [0.3, 0.4) is 0 Å². The molecule has 2 rings (SSSR count). The molecule has 0 aromatic heterocycles. The lowest BCUT2D eigenvalue weighted by Crippen LogP contribution is -2.55. The van der Waals surface area contributed by atoms with E-state index in [1.54, 1.807) is 7.11 Å². The van der Waals surface area contributed by atoms with Gasteiger partial charge in [-0.3, -0.25) is 9.69 Å². The number of rotatable bonds is 6. The van der Waals surface area contributed by atoms with Crippen molar-refractivity contribution in [2.45, 2.75) is 25.8 Å². The summed E-state index contributed by atoms with van der Waals surface area (Å²) in [6.07, 6.45) is 1.50. The Morgan fingerprint density at radius 2 is 2.05 bits per heavy atom. The summed E-state index contributed by atoms with van der Waals surface area (Å²) in [5.74, 6) is 0.203. The van der Waals surface area contributed by atoms with Gasteiger partial charge in [-0.15, -0.1) is 0 Å². The van der Waals surface area contributed by atoms with Crippen molar-refractivity contribution >= 4 is 11.6 Å². The number of hydrogen-bond acceptors (Lipinski definition) is 4. The van der Waals surface area contributed by atoms with E-state index in [2.05, 4.69) is 11.8 Å². The van der Waals surface area contributed by atoms with E-state index in [4.69, 9.17) is 10.5 Å². The van der Waals surface area contributed by atoms with Crippen LogP contribution in [0.2, 0.25) is 0 Å². The van der Waals surface area contributed by atoms with Gasteiger partial charge in [-0.2, -0.15) is 0 Å². The monoisotopic (exact) mass is 305 g/mol. The first kappa shape index (κ1) is 16.8. The first-order chi connectivity index (χ1) is 10.6. The van der Waals surface area contributed by atoms with E-state index in [1.165, 1.54) is 0 Å². The average Bonchev–Trinajstić information content (AvgIpc) is 2.54. The second-order valence-corrected chi connectivity index (χ2v) is 5.85. The summed E-state index contributed by atoms with van der Waals surface area (Å²) >= 11 is 0. The number of hydrogen-bond donors (Lipinski definition) is 1. The smallest absolute Gasteiger partial charge is 0.227 e. The molecule has 5 nitrogen and oxygen atoms in total. The molecule has 1 aromatic carbocycles. The Kier molecular flexibility index (Phi) is 6.21. The maximum absolute atomic E-state index is 12.5. The minimum absolute atomic E-state index is 0.203. The minimum atomic E-state index is 0.203. The number of methoxy groups -OCH3 is 1. The van der Waals surface area contributed by atoms with E-state index in [-0.39, 0.29) is 5.91 Å². The second kappa shape index (κ2) is 8.15. The van der Waals surface area contributed by atoms with Crippen molar-refractivity contribution < 1.29 is 9.53 Å². The topological polar surface area (TPSA) is 58.8 Å². The molecule has 1 amide bonds. The third-order valence-electron chi connectivity index (χ3n) is 4.35. The molecule has 1 aromatic rings. The quantitative estimate of drug-likeness (QED) is 0.807. The van der Waals surface area contributed by atoms with Gasteiger partial charge in [0.25, 0.3) is 0 Å². The molecule has 1 aliphatic heterocycles. The highest BCUT2D eigenvalue weighted by molar-refractivity contribution is 5.79. The van der Waals surface area contributed by atoms with Crippen molar-refractivity contribution in [3.05, 3.63) is 29.8 Å². The van der Waals surface area contributed by atoms with Crippen LogP contribution in [0.15, 0.2) is 24.3 Å². The van der Waals surface area contributed by atoms with Crippen molar-refractivity contribution in [1.82, 2.24) is 9.80 Å². The van der Waals surface area contributed by atoms with Gasteiger partial charge >= 0.3 is 0 Å². The number of nitrogen functional groups attached to an aromatic ring is 1. The zero-order valence-corrected chi connectivity index (χ0v) is 13.6. The maximum Gasteiger partial charge on any atom is 0.227 e. The van der Waals surface area contributed by atoms with Crippen LogP contribution in [0, 0.1) is 0 Å². The summed E-state index contributed by atoms with van der Waals surface area (Å²) < 4.78 is 5.17. The summed E-state index contributed by atoms with van der Waals surface area (Å²) in [6.45, 7) is 6.40. The molecule has 22 heavy (non-hydrogen) atoms. The zero-order valence-electron chi connectivity index (χ0n) is 13.6. The number of nitrogens with zero attached hydrogens (tertiary/aromatic N) is 2. The largest absolute Gasteiger partial charge is 0.399 e. The third-order valence-corrected chi connectivity index (χ3v) is 4.35. The van der Waals surface area contributed by atoms with Crippen LogP contribution in [0.1, 0.15) is 18.9 Å². The number of carbonyl (C=O) groups excluding carboxylic acids is 1. The summed E-state index contributed by atoms with van der Waals surface area (Å²) in [5, 5.41) is 0. The molecular weight excluding hydrogens is 278 g/mol. The average molecular weight is 305 g/mol. The highest BCUT2D eigenvalue weighted by Crippen LogP contribution is 2.15. The first-order valence-electron chi connectivity index (χ1n) is 7.99. The molecule has 0 aliphatic carbocycles. The SMILES string of the molecule is CCC1CN(C(=O)Cc2ccc(N)cc2)CCN1CCOC. The van der Waals surface area contributed by atoms with Crippen molar-refractivity contribution in [1.29, 1.82) is 0 Å². The van der Waals surface area contributed by atoms with Crippen LogP contribution in [-0.4, -0.2) is 61.6 Å². The van der Waals surface area contributed by atoms with Gasteiger partial charge in [0.15, 0.2) is 0 Å². The molecular formula is C17H27N3O2. The Morgan fingerprint density at radius 3 is 2.68 bits per heavy atom. The molecule has 0 saturated carbocycles. The van der Waals surface area contributed by atoms with Gasteiger partial charge in [0.2, 0.25) is 5.91 Å². The number of amides is 1. The molecule has 1 aliphatic rings. The molecule has 0 radical (unpaired) electrons. The normalized spacial score (nSPS) is 19.4. The standard InChI is InChI=1S/C17H27N3O2/c1-3-16-13-20(9-8-19(16)10-11-22-2)17(21)12-14-4-6-15(18)7-5-14/h4-7,16H,3,8-13,18H2,1-2H3.